The number of aliphatic carboxylic acids is 1. The summed E-state index contributed by atoms with van der Waals surface area (Å²) in [6.45, 7) is 1.99. The minimum Gasteiger partial charge on any atom is -0.480 e. The number of carboxylic acid groups (broad SMARTS) is 1. The van der Waals surface area contributed by atoms with Crippen LogP contribution in [0.4, 0.5) is 0 Å². The molecule has 1 N–H and O–H groups in total. The number of hydrogen-bond donors (Lipinski definition) is 1. The predicted molar refractivity (Wildman–Crippen MR) is 61.1 cm³/mol. The molecule has 1 amide bonds. The molecule has 0 aromatic carbocycles. The van der Waals surface area contributed by atoms with Crippen molar-refractivity contribution in [3.05, 3.63) is 11.7 Å². The minimum absolute atomic E-state index is 0.0398. The Balaban J connectivity index is 1.79. The summed E-state index contributed by atoms with van der Waals surface area (Å²) in [5.41, 5.74) is 0. The maximum atomic E-state index is 11.8. The molecule has 1 aliphatic rings. The maximum Gasteiger partial charge on any atom is 0.326 e. The summed E-state index contributed by atoms with van der Waals surface area (Å²) < 4.78 is 9.98. The molecule has 1 aliphatic heterocycles. The van der Waals surface area contributed by atoms with Gasteiger partial charge in [0.25, 0.3) is 5.89 Å². The molecule has 0 saturated carbocycles. The van der Waals surface area contributed by atoms with E-state index in [4.69, 9.17) is 14.4 Å². The van der Waals surface area contributed by atoms with Gasteiger partial charge < -0.3 is 19.3 Å². The zero-order valence-electron chi connectivity index (χ0n) is 10.5. The molecular weight excluding hydrogens is 254 g/mol. The summed E-state index contributed by atoms with van der Waals surface area (Å²) in [7, 11) is 0. The van der Waals surface area contributed by atoms with Gasteiger partial charge in [-0.05, 0) is 19.8 Å². The number of carboxylic acids is 1. The molecule has 0 radical (unpaired) electrons. The van der Waals surface area contributed by atoms with Gasteiger partial charge in [0.1, 0.15) is 19.3 Å². The Morgan fingerprint density at radius 1 is 1.58 bits per heavy atom. The summed E-state index contributed by atoms with van der Waals surface area (Å²) in [6, 6.07) is -0.734. The number of rotatable bonds is 5. The smallest absolute Gasteiger partial charge is 0.326 e. The predicted octanol–water partition coefficient (Wildman–Crippen LogP) is -0.0298. The first-order valence-electron chi connectivity index (χ1n) is 5.97. The molecule has 0 spiro atoms. The first-order chi connectivity index (χ1) is 9.08. The fraction of sp³-hybridized carbons (Fsp3) is 0.636. The van der Waals surface area contributed by atoms with Gasteiger partial charge in [0, 0.05) is 6.54 Å². The molecule has 1 fully saturated rings. The minimum atomic E-state index is -0.974. The molecular formula is C11H15N3O5. The first kappa shape index (κ1) is 13.5. The number of ether oxygens (including phenoxy) is 1. The largest absolute Gasteiger partial charge is 0.480 e. The topological polar surface area (TPSA) is 106 Å². The van der Waals surface area contributed by atoms with Crippen molar-refractivity contribution in [2.75, 3.05) is 13.2 Å². The van der Waals surface area contributed by atoms with Crippen LogP contribution in [0.3, 0.4) is 0 Å². The lowest BCUT2D eigenvalue weighted by Gasteiger charge is -2.20. The van der Waals surface area contributed by atoms with Crippen molar-refractivity contribution < 1.29 is 24.0 Å². The van der Waals surface area contributed by atoms with Gasteiger partial charge in [0.15, 0.2) is 5.82 Å². The van der Waals surface area contributed by atoms with Gasteiger partial charge in [-0.15, -0.1) is 0 Å². The first-order valence-corrected chi connectivity index (χ1v) is 5.97. The van der Waals surface area contributed by atoms with Crippen LogP contribution in [0, 0.1) is 6.92 Å². The lowest BCUT2D eigenvalue weighted by atomic mass is 10.2. The van der Waals surface area contributed by atoms with Crippen molar-refractivity contribution >= 4 is 11.9 Å². The third-order valence-corrected chi connectivity index (χ3v) is 2.88. The lowest BCUT2D eigenvalue weighted by molar-refractivity contribution is -0.150. The highest BCUT2D eigenvalue weighted by Gasteiger charge is 2.33. The van der Waals surface area contributed by atoms with Gasteiger partial charge >= 0.3 is 5.97 Å². The lowest BCUT2D eigenvalue weighted by Crippen LogP contribution is -2.42. The number of likely N-dealkylation sites (tertiary alicyclic amines) is 1. The molecule has 1 atom stereocenters. The zero-order chi connectivity index (χ0) is 13.8. The Morgan fingerprint density at radius 2 is 2.37 bits per heavy atom. The van der Waals surface area contributed by atoms with E-state index in [0.29, 0.717) is 31.1 Å². The molecule has 19 heavy (non-hydrogen) atoms. The molecule has 1 aromatic heterocycles. The van der Waals surface area contributed by atoms with Crippen LogP contribution in [0.25, 0.3) is 0 Å². The molecule has 1 saturated heterocycles. The van der Waals surface area contributed by atoms with Crippen LogP contribution in [0.15, 0.2) is 4.52 Å². The third-order valence-electron chi connectivity index (χ3n) is 2.88. The van der Waals surface area contributed by atoms with Gasteiger partial charge in [-0.2, -0.15) is 4.98 Å². The Labute approximate surface area is 109 Å². The fourth-order valence-corrected chi connectivity index (χ4v) is 2.03. The van der Waals surface area contributed by atoms with Crippen molar-refractivity contribution in [1.29, 1.82) is 0 Å². The number of amides is 1. The fourth-order valence-electron chi connectivity index (χ4n) is 2.03. The molecule has 104 valence electrons. The van der Waals surface area contributed by atoms with Crippen LogP contribution in [0.5, 0.6) is 0 Å². The molecule has 8 heteroatoms. The van der Waals surface area contributed by atoms with Crippen LogP contribution >= 0.6 is 0 Å². The van der Waals surface area contributed by atoms with E-state index in [9.17, 15) is 9.59 Å². The van der Waals surface area contributed by atoms with E-state index >= 15 is 0 Å². The standard InChI is InChI=1S/C11H15N3O5/c1-7-12-9(19-13-7)5-18-6-10(15)14-4-2-3-8(14)11(16)17/h8H,2-6H2,1H3,(H,16,17). The Hall–Kier alpha value is -1.96. The van der Waals surface area contributed by atoms with Crippen molar-refractivity contribution in [1.82, 2.24) is 15.0 Å². The van der Waals surface area contributed by atoms with E-state index in [1.54, 1.807) is 6.92 Å². The van der Waals surface area contributed by atoms with E-state index in [1.807, 2.05) is 0 Å². The second-order valence-electron chi connectivity index (χ2n) is 4.31. The summed E-state index contributed by atoms with van der Waals surface area (Å²) in [6.07, 6.45) is 1.19. The van der Waals surface area contributed by atoms with Crippen LogP contribution in [0.1, 0.15) is 24.6 Å². The Morgan fingerprint density at radius 3 is 3.00 bits per heavy atom. The third kappa shape index (κ3) is 3.28. The molecule has 2 rings (SSSR count). The average Bonchev–Trinajstić information content (AvgIpc) is 2.97. The summed E-state index contributed by atoms with van der Waals surface area (Å²) in [5, 5.41) is 12.6. The van der Waals surface area contributed by atoms with Crippen LogP contribution < -0.4 is 0 Å². The maximum absolute atomic E-state index is 11.8. The van der Waals surface area contributed by atoms with E-state index in [2.05, 4.69) is 10.1 Å². The Kier molecular flexibility index (Phi) is 4.10. The van der Waals surface area contributed by atoms with Crippen molar-refractivity contribution in [3.63, 3.8) is 0 Å². The molecule has 1 aromatic rings. The van der Waals surface area contributed by atoms with Crippen LogP contribution in [0.2, 0.25) is 0 Å². The van der Waals surface area contributed by atoms with Crippen LogP contribution in [-0.2, 0) is 20.9 Å². The number of aryl methyl sites for hydroxylation is 1. The summed E-state index contributed by atoms with van der Waals surface area (Å²) in [5.74, 6) is -0.517. The van der Waals surface area contributed by atoms with Gasteiger partial charge in [-0.25, -0.2) is 4.79 Å². The van der Waals surface area contributed by atoms with Gasteiger partial charge in [-0.1, -0.05) is 5.16 Å². The second kappa shape index (κ2) is 5.79. The van der Waals surface area contributed by atoms with E-state index in [0.717, 1.165) is 0 Å². The number of nitrogens with zero attached hydrogens (tertiary/aromatic N) is 3. The second-order valence-corrected chi connectivity index (χ2v) is 4.31. The molecule has 1 unspecified atom stereocenters. The highest BCUT2D eigenvalue weighted by molar-refractivity contribution is 5.84. The summed E-state index contributed by atoms with van der Waals surface area (Å²) in [4.78, 5) is 28.0. The highest BCUT2D eigenvalue weighted by Crippen LogP contribution is 2.17. The molecule has 0 aliphatic carbocycles. The van der Waals surface area contributed by atoms with Gasteiger partial charge in [0.2, 0.25) is 5.91 Å². The number of carbonyl (C=O) groups excluding carboxylic acids is 1. The molecule has 0 bridgehead atoms. The van der Waals surface area contributed by atoms with E-state index in [1.165, 1.54) is 4.90 Å². The quantitative estimate of drug-likeness (QED) is 0.800. The van der Waals surface area contributed by atoms with E-state index in [-0.39, 0.29) is 19.1 Å². The number of aromatic nitrogens is 2. The number of hydrogen-bond acceptors (Lipinski definition) is 6. The monoisotopic (exact) mass is 269 g/mol. The average molecular weight is 269 g/mol. The summed E-state index contributed by atoms with van der Waals surface area (Å²) >= 11 is 0. The van der Waals surface area contributed by atoms with Crippen LogP contribution in [-0.4, -0.2) is 51.2 Å². The van der Waals surface area contributed by atoms with Crippen molar-refractivity contribution in [2.24, 2.45) is 0 Å². The van der Waals surface area contributed by atoms with Gasteiger partial charge in [0.05, 0.1) is 0 Å². The van der Waals surface area contributed by atoms with Gasteiger partial charge in [-0.3, -0.25) is 4.79 Å². The van der Waals surface area contributed by atoms with Crippen molar-refractivity contribution in [2.45, 2.75) is 32.4 Å². The number of carbonyl (C=O) groups is 2. The molecule has 8 nitrogen and oxygen atoms in total. The van der Waals surface area contributed by atoms with E-state index < -0.39 is 12.0 Å². The zero-order valence-corrected chi connectivity index (χ0v) is 10.5. The normalized spacial score (nSPS) is 18.8. The SMILES string of the molecule is Cc1noc(COCC(=O)N2CCCC2C(=O)O)n1. The highest BCUT2D eigenvalue weighted by atomic mass is 16.5. The molecule has 2 heterocycles. The Bertz CT molecular complexity index is 473. The van der Waals surface area contributed by atoms with Crippen molar-refractivity contribution in [3.8, 4) is 0 Å².